The van der Waals surface area contributed by atoms with Gasteiger partial charge in [0.05, 0.1) is 0 Å². The lowest BCUT2D eigenvalue weighted by Crippen LogP contribution is -2.20. The quantitative estimate of drug-likeness (QED) is 0.438. The van der Waals surface area contributed by atoms with Gasteiger partial charge < -0.3 is 4.52 Å². The van der Waals surface area contributed by atoms with Gasteiger partial charge >= 0.3 is 0 Å². The molecule has 3 rings (SSSR count). The fraction of sp³-hybridized carbons (Fsp3) is 0.0500. The number of carbonyl (C=O) groups excluding carboxylic acids is 1. The molecule has 3 nitrogen and oxygen atoms in total. The van der Waals surface area contributed by atoms with Gasteiger partial charge in [-0.1, -0.05) is 64.5 Å². The van der Waals surface area contributed by atoms with Gasteiger partial charge in [0.1, 0.15) is 6.61 Å². The molecule has 0 aliphatic heterocycles. The van der Waals surface area contributed by atoms with Crippen molar-refractivity contribution >= 4 is 39.7 Å². The summed E-state index contributed by atoms with van der Waals surface area (Å²) in [5.41, 5.74) is 0.524. The lowest BCUT2D eigenvalue weighted by Gasteiger charge is -2.19. The van der Waals surface area contributed by atoms with Crippen LogP contribution in [0.4, 0.5) is 0 Å². The van der Waals surface area contributed by atoms with Gasteiger partial charge in [0, 0.05) is 20.6 Å². The summed E-state index contributed by atoms with van der Waals surface area (Å²) in [6.45, 7) is -0.247. The van der Waals surface area contributed by atoms with E-state index in [0.717, 1.165) is 4.47 Å². The van der Waals surface area contributed by atoms with E-state index < -0.39 is 7.37 Å². The fourth-order valence-corrected chi connectivity index (χ4v) is 4.70. The Morgan fingerprint density at radius 2 is 1.28 bits per heavy atom. The second-order valence-corrected chi connectivity index (χ2v) is 8.74. The molecular formula is C20H16BrO3P. The monoisotopic (exact) mass is 414 g/mol. The molecule has 0 aromatic heterocycles. The van der Waals surface area contributed by atoms with Crippen molar-refractivity contribution in [1.29, 1.82) is 0 Å². The van der Waals surface area contributed by atoms with Crippen LogP contribution in [-0.4, -0.2) is 12.4 Å². The summed E-state index contributed by atoms with van der Waals surface area (Å²) in [6, 6.07) is 25.0. The summed E-state index contributed by atoms with van der Waals surface area (Å²) in [4.78, 5) is 12.4. The molecule has 5 heteroatoms. The van der Waals surface area contributed by atoms with E-state index in [1.165, 1.54) is 0 Å². The van der Waals surface area contributed by atoms with E-state index in [4.69, 9.17) is 4.52 Å². The van der Waals surface area contributed by atoms with Crippen LogP contribution in [0.5, 0.6) is 0 Å². The lowest BCUT2D eigenvalue weighted by atomic mass is 10.1. The van der Waals surface area contributed by atoms with Gasteiger partial charge in [-0.05, 0) is 36.4 Å². The molecule has 0 aliphatic rings. The van der Waals surface area contributed by atoms with Gasteiger partial charge in [0.2, 0.25) is 0 Å². The van der Waals surface area contributed by atoms with Crippen LogP contribution >= 0.6 is 23.3 Å². The third kappa shape index (κ3) is 4.16. The maximum atomic E-state index is 13.6. The van der Waals surface area contributed by atoms with E-state index in [9.17, 15) is 9.36 Å². The second kappa shape index (κ2) is 7.92. The zero-order valence-corrected chi connectivity index (χ0v) is 15.8. The maximum absolute atomic E-state index is 13.6. The van der Waals surface area contributed by atoms with Crippen molar-refractivity contribution in [1.82, 2.24) is 0 Å². The summed E-state index contributed by atoms with van der Waals surface area (Å²) in [6.07, 6.45) is 0. The van der Waals surface area contributed by atoms with Crippen molar-refractivity contribution < 1.29 is 13.9 Å². The summed E-state index contributed by atoms with van der Waals surface area (Å²) >= 11 is 3.34. The first-order valence-corrected chi connectivity index (χ1v) is 10.2. The molecule has 0 saturated heterocycles. The Morgan fingerprint density at radius 1 is 0.800 bits per heavy atom. The third-order valence-corrected chi connectivity index (χ3v) is 6.71. The first-order valence-electron chi connectivity index (χ1n) is 7.74. The number of benzene rings is 3. The Hall–Kier alpha value is -2.00. The van der Waals surface area contributed by atoms with Gasteiger partial charge in [-0.2, -0.15) is 0 Å². The molecule has 126 valence electrons. The van der Waals surface area contributed by atoms with Crippen LogP contribution in [0.15, 0.2) is 89.4 Å². The summed E-state index contributed by atoms with van der Waals surface area (Å²) in [5, 5.41) is 1.15. The van der Waals surface area contributed by atoms with Crippen molar-refractivity contribution in [2.24, 2.45) is 0 Å². The van der Waals surface area contributed by atoms with Gasteiger partial charge in [-0.25, -0.2) is 0 Å². The minimum absolute atomic E-state index is 0.209. The zero-order chi connectivity index (χ0) is 17.7. The normalized spacial score (nSPS) is 11.2. The third-order valence-electron chi connectivity index (χ3n) is 3.74. The molecule has 0 saturated carbocycles. The number of carbonyl (C=O) groups is 1. The highest BCUT2D eigenvalue weighted by Crippen LogP contribution is 2.44. The largest absolute Gasteiger partial charge is 0.314 e. The van der Waals surface area contributed by atoms with Crippen LogP contribution < -0.4 is 10.6 Å². The van der Waals surface area contributed by atoms with Crippen LogP contribution in [0.2, 0.25) is 0 Å². The highest BCUT2D eigenvalue weighted by atomic mass is 79.9. The van der Waals surface area contributed by atoms with E-state index >= 15 is 0 Å². The molecule has 0 bridgehead atoms. The molecule has 0 unspecified atom stereocenters. The van der Waals surface area contributed by atoms with E-state index in [-0.39, 0.29) is 12.4 Å². The Labute approximate surface area is 155 Å². The minimum Gasteiger partial charge on any atom is -0.314 e. The number of hydrogen-bond acceptors (Lipinski definition) is 3. The number of hydrogen-bond donors (Lipinski definition) is 0. The van der Waals surface area contributed by atoms with Crippen LogP contribution in [0.25, 0.3) is 0 Å². The van der Waals surface area contributed by atoms with Gasteiger partial charge in [0.25, 0.3) is 7.37 Å². The van der Waals surface area contributed by atoms with Crippen LogP contribution in [0.1, 0.15) is 10.4 Å². The van der Waals surface area contributed by atoms with Gasteiger partial charge in [-0.3, -0.25) is 9.36 Å². The van der Waals surface area contributed by atoms with E-state index in [0.29, 0.717) is 16.2 Å². The average molecular weight is 415 g/mol. The summed E-state index contributed by atoms with van der Waals surface area (Å²) in [7, 11) is -3.34. The van der Waals surface area contributed by atoms with Crippen molar-refractivity contribution in [2.75, 3.05) is 6.61 Å². The topological polar surface area (TPSA) is 43.4 Å². The molecule has 0 amide bonds. The summed E-state index contributed by atoms with van der Waals surface area (Å²) in [5.74, 6) is -0.209. The molecular weight excluding hydrogens is 399 g/mol. The second-order valence-electron chi connectivity index (χ2n) is 5.43. The average Bonchev–Trinajstić information content (AvgIpc) is 2.68. The van der Waals surface area contributed by atoms with Crippen molar-refractivity contribution in [3.05, 3.63) is 95.0 Å². The number of halogens is 1. The molecule has 3 aromatic carbocycles. The van der Waals surface area contributed by atoms with E-state index in [1.807, 2.05) is 36.4 Å². The Balaban J connectivity index is 1.88. The Kier molecular flexibility index (Phi) is 5.64. The smallest absolute Gasteiger partial charge is 0.261 e. The van der Waals surface area contributed by atoms with Crippen molar-refractivity contribution in [3.63, 3.8) is 0 Å². The maximum Gasteiger partial charge on any atom is 0.261 e. The summed E-state index contributed by atoms with van der Waals surface area (Å²) < 4.78 is 20.3. The predicted octanol–water partition coefficient (Wildman–Crippen LogP) is 4.58. The van der Waals surface area contributed by atoms with E-state index in [1.54, 1.807) is 48.5 Å². The minimum atomic E-state index is -3.34. The number of ketones is 1. The highest BCUT2D eigenvalue weighted by Gasteiger charge is 2.29. The molecule has 25 heavy (non-hydrogen) atoms. The van der Waals surface area contributed by atoms with Gasteiger partial charge in [0.15, 0.2) is 5.78 Å². The molecule has 0 aliphatic carbocycles. The van der Waals surface area contributed by atoms with Crippen LogP contribution in [0.3, 0.4) is 0 Å². The number of Topliss-reactive ketones (excluding diaryl/α,β-unsaturated/α-hetero) is 1. The SMILES string of the molecule is O=C(COP(=O)(c1ccccc1)c1ccccc1)c1ccc(Br)cc1. The lowest BCUT2D eigenvalue weighted by molar-refractivity contribution is 0.0925. The Bertz CT molecular complexity index is 850. The Morgan fingerprint density at radius 3 is 1.76 bits per heavy atom. The first kappa shape index (κ1) is 17.8. The van der Waals surface area contributed by atoms with E-state index in [2.05, 4.69) is 15.9 Å². The number of rotatable bonds is 6. The first-order chi connectivity index (χ1) is 12.1. The standard InChI is InChI=1S/C20H16BrO3P/c21-17-13-11-16(12-14-17)20(22)15-24-25(23,18-7-3-1-4-8-18)19-9-5-2-6-10-19/h1-14H,15H2. The van der Waals surface area contributed by atoms with Crippen molar-refractivity contribution in [2.45, 2.75) is 0 Å². The predicted molar refractivity (Wildman–Crippen MR) is 104 cm³/mol. The molecule has 0 heterocycles. The molecule has 0 atom stereocenters. The zero-order valence-electron chi connectivity index (χ0n) is 13.3. The molecule has 0 N–H and O–H groups in total. The van der Waals surface area contributed by atoms with Crippen LogP contribution in [-0.2, 0) is 9.09 Å². The molecule has 3 aromatic rings. The fourth-order valence-electron chi connectivity index (χ4n) is 2.42. The molecule has 0 radical (unpaired) electrons. The molecule has 0 spiro atoms. The van der Waals surface area contributed by atoms with Crippen molar-refractivity contribution in [3.8, 4) is 0 Å². The van der Waals surface area contributed by atoms with Gasteiger partial charge in [-0.15, -0.1) is 0 Å². The highest BCUT2D eigenvalue weighted by molar-refractivity contribution is 9.10. The van der Waals surface area contributed by atoms with Crippen LogP contribution in [0, 0.1) is 0 Å². The molecule has 0 fully saturated rings.